The molecule has 0 heterocycles. The Kier molecular flexibility index (Phi) is 4.94. The SMILES string of the molecule is CC(Oc1cc(Cl)ccc1[N+](=O)[O-])C(=O)OC(C)(C)C. The highest BCUT2D eigenvalue weighted by molar-refractivity contribution is 6.30. The van der Waals surface area contributed by atoms with Gasteiger partial charge in [0.15, 0.2) is 11.9 Å². The van der Waals surface area contributed by atoms with Crippen molar-refractivity contribution >= 4 is 23.3 Å². The Morgan fingerprint density at radius 1 is 1.40 bits per heavy atom. The number of nitro groups is 1. The van der Waals surface area contributed by atoms with Crippen LogP contribution in [0.1, 0.15) is 27.7 Å². The Bertz CT molecular complexity index is 524. The number of carbonyl (C=O) groups excluding carboxylic acids is 1. The summed E-state index contributed by atoms with van der Waals surface area (Å²) in [6, 6.07) is 3.89. The van der Waals surface area contributed by atoms with Crippen LogP contribution in [0.25, 0.3) is 0 Å². The molecular formula is C13H16ClNO5. The molecule has 0 aliphatic carbocycles. The Labute approximate surface area is 121 Å². The van der Waals surface area contributed by atoms with Gasteiger partial charge in [-0.2, -0.15) is 0 Å². The number of benzene rings is 1. The summed E-state index contributed by atoms with van der Waals surface area (Å²) in [6.45, 7) is 6.62. The number of halogens is 1. The van der Waals surface area contributed by atoms with Crippen LogP contribution in [0.4, 0.5) is 5.69 Å². The van der Waals surface area contributed by atoms with Crippen molar-refractivity contribution in [3.05, 3.63) is 33.3 Å². The van der Waals surface area contributed by atoms with E-state index in [4.69, 9.17) is 21.1 Å². The van der Waals surface area contributed by atoms with Crippen LogP contribution in [-0.2, 0) is 9.53 Å². The predicted octanol–water partition coefficient (Wildman–Crippen LogP) is 3.36. The van der Waals surface area contributed by atoms with E-state index in [1.54, 1.807) is 20.8 Å². The standard InChI is InChI=1S/C13H16ClNO5/c1-8(12(16)20-13(2,3)4)19-11-7-9(14)5-6-10(11)15(17)18/h5-8H,1-4H3. The van der Waals surface area contributed by atoms with Crippen molar-refractivity contribution in [2.24, 2.45) is 0 Å². The molecule has 0 fully saturated rings. The molecule has 0 N–H and O–H groups in total. The second-order valence-electron chi connectivity index (χ2n) is 5.16. The van der Waals surface area contributed by atoms with Crippen LogP contribution in [0.2, 0.25) is 5.02 Å². The van der Waals surface area contributed by atoms with Crippen molar-refractivity contribution in [1.29, 1.82) is 0 Å². The normalized spacial score (nSPS) is 12.7. The van der Waals surface area contributed by atoms with Gasteiger partial charge in [-0.1, -0.05) is 11.6 Å². The van der Waals surface area contributed by atoms with E-state index in [1.807, 2.05) is 0 Å². The first-order chi connectivity index (χ1) is 9.10. The summed E-state index contributed by atoms with van der Waals surface area (Å²) in [7, 11) is 0. The van der Waals surface area contributed by atoms with Crippen molar-refractivity contribution in [3.63, 3.8) is 0 Å². The lowest BCUT2D eigenvalue weighted by molar-refractivity contribution is -0.386. The smallest absolute Gasteiger partial charge is 0.347 e. The van der Waals surface area contributed by atoms with Crippen LogP contribution >= 0.6 is 11.6 Å². The summed E-state index contributed by atoms with van der Waals surface area (Å²) < 4.78 is 10.4. The molecule has 0 radical (unpaired) electrons. The average Bonchev–Trinajstić information content (AvgIpc) is 2.26. The van der Waals surface area contributed by atoms with E-state index >= 15 is 0 Å². The number of hydrogen-bond acceptors (Lipinski definition) is 5. The van der Waals surface area contributed by atoms with Crippen molar-refractivity contribution in [3.8, 4) is 5.75 Å². The van der Waals surface area contributed by atoms with Gasteiger partial charge >= 0.3 is 11.7 Å². The van der Waals surface area contributed by atoms with Gasteiger partial charge in [0.1, 0.15) is 5.60 Å². The maximum Gasteiger partial charge on any atom is 0.347 e. The van der Waals surface area contributed by atoms with E-state index in [0.717, 1.165) is 0 Å². The lowest BCUT2D eigenvalue weighted by Gasteiger charge is -2.22. The number of ether oxygens (including phenoxy) is 2. The third kappa shape index (κ3) is 4.70. The van der Waals surface area contributed by atoms with Gasteiger partial charge in [0.05, 0.1) is 4.92 Å². The van der Waals surface area contributed by atoms with Crippen LogP contribution in [0.3, 0.4) is 0 Å². The van der Waals surface area contributed by atoms with Gasteiger partial charge < -0.3 is 9.47 Å². The average molecular weight is 302 g/mol. The molecule has 7 heteroatoms. The second-order valence-corrected chi connectivity index (χ2v) is 5.60. The molecule has 0 bridgehead atoms. The summed E-state index contributed by atoms with van der Waals surface area (Å²) in [4.78, 5) is 22.1. The summed E-state index contributed by atoms with van der Waals surface area (Å²) >= 11 is 5.77. The number of carbonyl (C=O) groups is 1. The number of nitrogens with zero attached hydrogens (tertiary/aromatic N) is 1. The van der Waals surface area contributed by atoms with Crippen LogP contribution in [0, 0.1) is 10.1 Å². The highest BCUT2D eigenvalue weighted by Crippen LogP contribution is 2.31. The van der Waals surface area contributed by atoms with E-state index < -0.39 is 22.6 Å². The number of hydrogen-bond donors (Lipinski definition) is 0. The first-order valence-corrected chi connectivity index (χ1v) is 6.31. The van der Waals surface area contributed by atoms with Gasteiger partial charge in [-0.15, -0.1) is 0 Å². The highest BCUT2D eigenvalue weighted by atomic mass is 35.5. The monoisotopic (exact) mass is 301 g/mol. The molecule has 20 heavy (non-hydrogen) atoms. The molecule has 1 aromatic carbocycles. The summed E-state index contributed by atoms with van der Waals surface area (Å²) in [5, 5.41) is 11.2. The van der Waals surface area contributed by atoms with Crippen LogP contribution in [0.5, 0.6) is 5.75 Å². The van der Waals surface area contributed by atoms with Crippen LogP contribution < -0.4 is 4.74 Å². The molecule has 1 aromatic rings. The van der Waals surface area contributed by atoms with Crippen molar-refractivity contribution in [2.75, 3.05) is 0 Å². The molecule has 0 spiro atoms. The Morgan fingerprint density at radius 2 is 2.00 bits per heavy atom. The minimum Gasteiger partial charge on any atom is -0.472 e. The van der Waals surface area contributed by atoms with E-state index in [2.05, 4.69) is 0 Å². The molecular weight excluding hydrogens is 286 g/mol. The van der Waals surface area contributed by atoms with Gasteiger partial charge in [-0.3, -0.25) is 10.1 Å². The zero-order chi connectivity index (χ0) is 15.5. The Morgan fingerprint density at radius 3 is 2.50 bits per heavy atom. The Balaban J connectivity index is 2.90. The van der Waals surface area contributed by atoms with Crippen LogP contribution in [-0.4, -0.2) is 22.6 Å². The molecule has 0 aliphatic heterocycles. The maximum atomic E-state index is 11.8. The minimum atomic E-state index is -0.980. The van der Waals surface area contributed by atoms with E-state index in [1.165, 1.54) is 25.1 Å². The molecule has 1 rings (SSSR count). The third-order valence-corrected chi connectivity index (χ3v) is 2.40. The fraction of sp³-hybridized carbons (Fsp3) is 0.462. The Hall–Kier alpha value is -1.82. The van der Waals surface area contributed by atoms with Gasteiger partial charge in [0, 0.05) is 17.2 Å². The molecule has 1 atom stereocenters. The topological polar surface area (TPSA) is 78.7 Å². The number of nitro benzene ring substituents is 1. The minimum absolute atomic E-state index is 0.0686. The molecule has 0 aliphatic rings. The van der Waals surface area contributed by atoms with Gasteiger partial charge in [-0.25, -0.2) is 4.79 Å². The molecule has 110 valence electrons. The number of esters is 1. The van der Waals surface area contributed by atoms with Crippen LogP contribution in [0.15, 0.2) is 18.2 Å². The molecule has 0 aromatic heterocycles. The van der Waals surface area contributed by atoms with E-state index in [-0.39, 0.29) is 16.5 Å². The summed E-state index contributed by atoms with van der Waals surface area (Å²) in [5.41, 5.74) is -0.917. The fourth-order valence-electron chi connectivity index (χ4n) is 1.36. The van der Waals surface area contributed by atoms with E-state index in [0.29, 0.717) is 0 Å². The highest BCUT2D eigenvalue weighted by Gasteiger charge is 2.25. The van der Waals surface area contributed by atoms with Crippen molar-refractivity contribution < 1.29 is 19.2 Å². The third-order valence-electron chi connectivity index (χ3n) is 2.16. The molecule has 0 amide bonds. The zero-order valence-corrected chi connectivity index (χ0v) is 12.4. The van der Waals surface area contributed by atoms with Crippen molar-refractivity contribution in [2.45, 2.75) is 39.4 Å². The first kappa shape index (κ1) is 16.2. The first-order valence-electron chi connectivity index (χ1n) is 5.93. The molecule has 0 saturated carbocycles. The lowest BCUT2D eigenvalue weighted by atomic mass is 10.2. The number of rotatable bonds is 4. The summed E-state index contributed by atoms with van der Waals surface area (Å²) in [5.74, 6) is -0.673. The zero-order valence-electron chi connectivity index (χ0n) is 11.7. The van der Waals surface area contributed by atoms with Gasteiger partial charge in [-0.05, 0) is 33.8 Å². The molecule has 1 unspecified atom stereocenters. The second kappa shape index (κ2) is 6.09. The van der Waals surface area contributed by atoms with Crippen molar-refractivity contribution in [1.82, 2.24) is 0 Å². The maximum absolute atomic E-state index is 11.8. The van der Waals surface area contributed by atoms with E-state index in [9.17, 15) is 14.9 Å². The fourth-order valence-corrected chi connectivity index (χ4v) is 1.52. The molecule has 0 saturated heterocycles. The summed E-state index contributed by atoms with van der Waals surface area (Å²) in [6.07, 6.45) is -0.980. The molecule has 6 nitrogen and oxygen atoms in total. The quantitative estimate of drug-likeness (QED) is 0.484. The predicted molar refractivity (Wildman–Crippen MR) is 74.0 cm³/mol. The van der Waals surface area contributed by atoms with Gasteiger partial charge in [0.2, 0.25) is 0 Å². The van der Waals surface area contributed by atoms with Gasteiger partial charge in [0.25, 0.3) is 0 Å². The largest absolute Gasteiger partial charge is 0.472 e. The lowest BCUT2D eigenvalue weighted by Crippen LogP contribution is -2.33.